The van der Waals surface area contributed by atoms with Crippen molar-refractivity contribution in [3.63, 3.8) is 0 Å². The van der Waals surface area contributed by atoms with E-state index in [4.69, 9.17) is 9.72 Å². The topological polar surface area (TPSA) is 46.9 Å². The summed E-state index contributed by atoms with van der Waals surface area (Å²) in [5.41, 5.74) is 1.50. The van der Waals surface area contributed by atoms with Crippen LogP contribution in [0.1, 0.15) is 17.3 Å². The number of ether oxygens (including phenoxy) is 1. The summed E-state index contributed by atoms with van der Waals surface area (Å²) in [6, 6.07) is 13.7. The van der Waals surface area contributed by atoms with Gasteiger partial charge in [0.2, 0.25) is 0 Å². The number of para-hydroxylation sites is 1. The first-order valence-corrected chi connectivity index (χ1v) is 11.3. The Balaban J connectivity index is 2.00. The fraction of sp³-hybridized carbons (Fsp3) is 0.333. The Morgan fingerprint density at radius 2 is 2.04 bits per heavy atom. The summed E-state index contributed by atoms with van der Waals surface area (Å²) in [4.78, 5) is 22.3. The predicted molar refractivity (Wildman–Crippen MR) is 118 cm³/mol. The quantitative estimate of drug-likeness (QED) is 0.573. The van der Waals surface area contributed by atoms with Crippen molar-refractivity contribution in [3.8, 4) is 5.75 Å². The van der Waals surface area contributed by atoms with Gasteiger partial charge in [-0.15, -0.1) is 11.8 Å². The number of thiazole rings is 1. The van der Waals surface area contributed by atoms with Crippen molar-refractivity contribution in [1.29, 1.82) is 0 Å². The fourth-order valence-electron chi connectivity index (χ4n) is 2.83. The van der Waals surface area contributed by atoms with E-state index in [0.717, 1.165) is 27.4 Å². The van der Waals surface area contributed by atoms with Crippen molar-refractivity contribution in [2.75, 3.05) is 44.9 Å². The lowest BCUT2D eigenvalue weighted by Crippen LogP contribution is -3.06. The molecule has 0 aliphatic carbocycles. The van der Waals surface area contributed by atoms with E-state index in [9.17, 15) is 4.79 Å². The molecule has 5 nitrogen and oxygen atoms in total. The molecule has 0 saturated heterocycles. The average molecular weight is 417 g/mol. The Labute approximate surface area is 174 Å². The van der Waals surface area contributed by atoms with Crippen LogP contribution in [0.3, 0.4) is 0 Å². The Bertz CT molecular complexity index is 956. The van der Waals surface area contributed by atoms with Gasteiger partial charge < -0.3 is 9.64 Å². The van der Waals surface area contributed by atoms with E-state index in [1.54, 1.807) is 16.7 Å². The number of hydrogen-bond donors (Lipinski definition) is 1. The van der Waals surface area contributed by atoms with Crippen LogP contribution in [0.4, 0.5) is 5.13 Å². The Morgan fingerprint density at radius 3 is 2.75 bits per heavy atom. The number of rotatable bonds is 8. The molecule has 1 aromatic heterocycles. The highest BCUT2D eigenvalue weighted by molar-refractivity contribution is 7.98. The molecule has 1 N–H and O–H groups in total. The second kappa shape index (κ2) is 9.41. The molecule has 7 heteroatoms. The number of aromatic nitrogens is 1. The minimum atomic E-state index is -0.0193. The van der Waals surface area contributed by atoms with E-state index >= 15 is 0 Å². The van der Waals surface area contributed by atoms with Gasteiger partial charge in [-0.1, -0.05) is 23.5 Å². The zero-order valence-corrected chi connectivity index (χ0v) is 18.3. The first-order chi connectivity index (χ1) is 13.5. The molecule has 0 fully saturated rings. The van der Waals surface area contributed by atoms with Crippen molar-refractivity contribution in [1.82, 2.24) is 4.98 Å². The summed E-state index contributed by atoms with van der Waals surface area (Å²) in [7, 11) is 4.17. The van der Waals surface area contributed by atoms with Crippen LogP contribution in [0.2, 0.25) is 0 Å². The highest BCUT2D eigenvalue weighted by Crippen LogP contribution is 2.34. The number of nitrogens with one attached hydrogen (secondary N) is 1. The van der Waals surface area contributed by atoms with Crippen LogP contribution in [-0.4, -0.2) is 50.9 Å². The monoisotopic (exact) mass is 416 g/mol. The number of fused-ring (bicyclic) bond motifs is 1. The molecule has 28 heavy (non-hydrogen) atoms. The van der Waals surface area contributed by atoms with Crippen LogP contribution >= 0.6 is 23.1 Å². The lowest BCUT2D eigenvalue weighted by molar-refractivity contribution is -0.856. The van der Waals surface area contributed by atoms with Gasteiger partial charge in [-0.3, -0.25) is 9.69 Å². The summed E-state index contributed by atoms with van der Waals surface area (Å²) in [5, 5.41) is 0.711. The average Bonchev–Trinajstić information content (AvgIpc) is 3.13. The summed E-state index contributed by atoms with van der Waals surface area (Å²) >= 11 is 3.16. The van der Waals surface area contributed by atoms with Crippen molar-refractivity contribution < 1.29 is 14.4 Å². The highest BCUT2D eigenvalue weighted by Gasteiger charge is 2.23. The maximum absolute atomic E-state index is 13.4. The fourth-order valence-corrected chi connectivity index (χ4v) is 4.30. The Kier molecular flexibility index (Phi) is 6.93. The van der Waals surface area contributed by atoms with Crippen LogP contribution in [0.5, 0.6) is 5.75 Å². The Morgan fingerprint density at radius 1 is 1.25 bits per heavy atom. The summed E-state index contributed by atoms with van der Waals surface area (Å²) in [6.07, 6.45) is 2.01. The first-order valence-electron chi connectivity index (χ1n) is 9.30. The lowest BCUT2D eigenvalue weighted by Gasteiger charge is -2.21. The molecule has 1 heterocycles. The smallest absolute Gasteiger partial charge is 0.260 e. The third-order valence-corrected chi connectivity index (χ3v) is 6.07. The Hall–Kier alpha value is -2.09. The van der Waals surface area contributed by atoms with E-state index < -0.39 is 0 Å². The van der Waals surface area contributed by atoms with Crippen LogP contribution in [0, 0.1) is 0 Å². The number of benzene rings is 2. The molecule has 0 saturated carbocycles. The molecule has 2 aromatic carbocycles. The number of hydrogen-bond acceptors (Lipinski definition) is 5. The number of anilines is 1. The molecule has 1 amide bonds. The van der Waals surface area contributed by atoms with Crippen molar-refractivity contribution in [2.45, 2.75) is 11.8 Å². The molecule has 0 aliphatic heterocycles. The van der Waals surface area contributed by atoms with Crippen molar-refractivity contribution in [2.24, 2.45) is 0 Å². The number of nitrogens with zero attached hydrogens (tertiary/aromatic N) is 2. The van der Waals surface area contributed by atoms with Gasteiger partial charge in [-0.2, -0.15) is 0 Å². The molecule has 0 aliphatic rings. The second-order valence-corrected chi connectivity index (χ2v) is 8.57. The minimum absolute atomic E-state index is 0.0193. The summed E-state index contributed by atoms with van der Waals surface area (Å²) in [5.74, 6) is 0.742. The molecule has 0 spiro atoms. The number of thioether (sulfide) groups is 1. The largest absolute Gasteiger partial charge is 0.492 e. The number of likely N-dealkylation sites (N-methyl/N-ethyl adjacent to an activating group) is 1. The molecule has 0 unspecified atom stereocenters. The molecular weight excluding hydrogens is 390 g/mol. The number of quaternary nitrogens is 1. The number of carbonyl (C=O) groups is 1. The second-order valence-electron chi connectivity index (χ2n) is 6.68. The van der Waals surface area contributed by atoms with Gasteiger partial charge in [0.05, 0.1) is 38.5 Å². The number of amides is 1. The van der Waals surface area contributed by atoms with Crippen LogP contribution in [0.15, 0.2) is 47.4 Å². The molecule has 3 aromatic rings. The van der Waals surface area contributed by atoms with E-state index in [2.05, 4.69) is 14.1 Å². The number of carbonyl (C=O) groups excluding carboxylic acids is 1. The summed E-state index contributed by atoms with van der Waals surface area (Å²) in [6.45, 7) is 3.98. The van der Waals surface area contributed by atoms with Gasteiger partial charge in [-0.25, -0.2) is 4.98 Å². The van der Waals surface area contributed by atoms with Crippen LogP contribution < -0.4 is 14.5 Å². The zero-order chi connectivity index (χ0) is 20.1. The highest BCUT2D eigenvalue weighted by atomic mass is 32.2. The molecule has 0 radical (unpaired) electrons. The zero-order valence-electron chi connectivity index (χ0n) is 16.7. The van der Waals surface area contributed by atoms with Crippen molar-refractivity contribution >= 4 is 44.4 Å². The molecule has 3 rings (SSSR count). The minimum Gasteiger partial charge on any atom is -0.492 e. The SMILES string of the molecule is CCOc1cccc2sc(N(CC[NH+](C)C)C(=O)c3cccc(SC)c3)nc12. The van der Waals surface area contributed by atoms with Gasteiger partial charge in [0.1, 0.15) is 11.3 Å². The summed E-state index contributed by atoms with van der Waals surface area (Å²) < 4.78 is 6.74. The third kappa shape index (κ3) is 4.66. The van der Waals surface area contributed by atoms with Gasteiger partial charge in [0.25, 0.3) is 5.91 Å². The maximum atomic E-state index is 13.4. The molecule has 148 valence electrons. The maximum Gasteiger partial charge on any atom is 0.260 e. The molecule has 0 bridgehead atoms. The van der Waals surface area contributed by atoms with E-state index in [1.165, 1.54) is 16.2 Å². The van der Waals surface area contributed by atoms with Gasteiger partial charge >= 0.3 is 0 Å². The van der Waals surface area contributed by atoms with E-state index in [0.29, 0.717) is 23.8 Å². The standard InChI is InChI=1S/C21H25N3O2S2/c1-5-26-17-10-7-11-18-19(17)22-21(28-18)24(13-12-23(2)3)20(25)15-8-6-9-16(14-15)27-4/h6-11,14H,5,12-13H2,1-4H3/p+1. The van der Waals surface area contributed by atoms with E-state index in [1.807, 2.05) is 55.6 Å². The molecular formula is C21H26N3O2S2+. The normalized spacial score (nSPS) is 11.2. The third-order valence-electron chi connectivity index (χ3n) is 4.30. The predicted octanol–water partition coefficient (Wildman–Crippen LogP) is 3.21. The van der Waals surface area contributed by atoms with E-state index in [-0.39, 0.29) is 5.91 Å². The van der Waals surface area contributed by atoms with Gasteiger partial charge in [-0.05, 0) is 43.5 Å². The van der Waals surface area contributed by atoms with Gasteiger partial charge in [0, 0.05) is 10.5 Å². The molecule has 0 atom stereocenters. The van der Waals surface area contributed by atoms with Crippen molar-refractivity contribution in [3.05, 3.63) is 48.0 Å². The van der Waals surface area contributed by atoms with Crippen LogP contribution in [-0.2, 0) is 0 Å². The lowest BCUT2D eigenvalue weighted by atomic mass is 10.2. The van der Waals surface area contributed by atoms with Crippen LogP contribution in [0.25, 0.3) is 10.2 Å². The first kappa shape index (κ1) is 20.6. The van der Waals surface area contributed by atoms with Gasteiger partial charge in [0.15, 0.2) is 5.13 Å².